The lowest BCUT2D eigenvalue weighted by Crippen LogP contribution is -2.48. The molecule has 0 aliphatic carbocycles. The molecule has 2 aliphatic rings. The summed E-state index contributed by atoms with van der Waals surface area (Å²) in [4.78, 5) is 2.15. The minimum Gasteiger partial charge on any atom is -0.287 e. The Morgan fingerprint density at radius 3 is 3.17 bits per heavy atom. The van der Waals surface area contributed by atoms with Crippen LogP contribution in [0.25, 0.3) is 0 Å². The van der Waals surface area contributed by atoms with E-state index in [0.29, 0.717) is 0 Å². The SMILES string of the molecule is FCC1CCCN1C1[N]CCN1. The van der Waals surface area contributed by atoms with Crippen LogP contribution in [0.3, 0.4) is 0 Å². The van der Waals surface area contributed by atoms with Crippen molar-refractivity contribution in [1.29, 1.82) is 0 Å². The van der Waals surface area contributed by atoms with Gasteiger partial charge in [0.1, 0.15) is 13.0 Å². The second-order valence-corrected chi connectivity index (χ2v) is 3.42. The Kier molecular flexibility index (Phi) is 2.58. The van der Waals surface area contributed by atoms with E-state index < -0.39 is 0 Å². The molecule has 0 amide bonds. The molecule has 0 aromatic rings. The number of rotatable bonds is 2. The Morgan fingerprint density at radius 1 is 1.58 bits per heavy atom. The lowest BCUT2D eigenvalue weighted by molar-refractivity contribution is 0.127. The van der Waals surface area contributed by atoms with Crippen LogP contribution in [-0.2, 0) is 0 Å². The highest BCUT2D eigenvalue weighted by molar-refractivity contribution is 4.84. The fraction of sp³-hybridized carbons (Fsp3) is 1.00. The summed E-state index contributed by atoms with van der Waals surface area (Å²) in [6, 6.07) is 0.115. The van der Waals surface area contributed by atoms with Gasteiger partial charge in [-0.2, -0.15) is 0 Å². The first-order chi connectivity index (χ1) is 5.92. The molecule has 1 radical (unpaired) electrons. The van der Waals surface area contributed by atoms with Crippen molar-refractivity contribution < 1.29 is 4.39 Å². The van der Waals surface area contributed by atoms with Gasteiger partial charge in [0.25, 0.3) is 0 Å². The van der Waals surface area contributed by atoms with Gasteiger partial charge in [-0.3, -0.25) is 10.2 Å². The largest absolute Gasteiger partial charge is 0.287 e. The van der Waals surface area contributed by atoms with Crippen LogP contribution in [0.5, 0.6) is 0 Å². The summed E-state index contributed by atoms with van der Waals surface area (Å²) in [5.74, 6) is 0. The average molecular weight is 172 g/mol. The maximum absolute atomic E-state index is 12.5. The molecule has 2 heterocycles. The maximum atomic E-state index is 12.5. The number of hydrogen-bond donors (Lipinski definition) is 1. The van der Waals surface area contributed by atoms with Crippen LogP contribution in [-0.4, -0.2) is 43.5 Å². The molecule has 2 saturated heterocycles. The molecule has 2 unspecified atom stereocenters. The summed E-state index contributed by atoms with van der Waals surface area (Å²) in [5.41, 5.74) is 0. The molecule has 69 valence electrons. The molecule has 0 aromatic carbocycles. The minimum absolute atomic E-state index is 0.105. The highest BCUT2D eigenvalue weighted by atomic mass is 19.1. The molecule has 2 aliphatic heterocycles. The van der Waals surface area contributed by atoms with Gasteiger partial charge in [-0.15, -0.1) is 0 Å². The number of likely N-dealkylation sites (tertiary alicyclic amines) is 1. The van der Waals surface area contributed by atoms with Crippen molar-refractivity contribution in [1.82, 2.24) is 15.5 Å². The zero-order chi connectivity index (χ0) is 8.39. The average Bonchev–Trinajstić information content (AvgIpc) is 2.74. The predicted molar refractivity (Wildman–Crippen MR) is 44.5 cm³/mol. The number of hydrogen-bond acceptors (Lipinski definition) is 2. The Labute approximate surface area is 72.3 Å². The summed E-state index contributed by atoms with van der Waals surface area (Å²) in [6.07, 6.45) is 2.21. The number of nitrogens with zero attached hydrogens (tertiary/aromatic N) is 2. The zero-order valence-corrected chi connectivity index (χ0v) is 7.17. The molecular weight excluding hydrogens is 157 g/mol. The van der Waals surface area contributed by atoms with Gasteiger partial charge in [-0.1, -0.05) is 0 Å². The second-order valence-electron chi connectivity index (χ2n) is 3.42. The van der Waals surface area contributed by atoms with E-state index in [-0.39, 0.29) is 19.0 Å². The predicted octanol–water partition coefficient (Wildman–Crippen LogP) is -0.0885. The monoisotopic (exact) mass is 172 g/mol. The molecule has 0 bridgehead atoms. The third-order valence-corrected chi connectivity index (χ3v) is 2.66. The molecule has 0 spiro atoms. The van der Waals surface area contributed by atoms with Gasteiger partial charge in [-0.05, 0) is 12.8 Å². The van der Waals surface area contributed by atoms with Crippen molar-refractivity contribution in [2.45, 2.75) is 25.2 Å². The van der Waals surface area contributed by atoms with Crippen LogP contribution in [0.1, 0.15) is 12.8 Å². The van der Waals surface area contributed by atoms with E-state index in [1.54, 1.807) is 0 Å². The number of halogens is 1. The summed E-state index contributed by atoms with van der Waals surface area (Å²) < 4.78 is 12.5. The van der Waals surface area contributed by atoms with Crippen LogP contribution >= 0.6 is 0 Å². The molecule has 0 saturated carbocycles. The topological polar surface area (TPSA) is 29.4 Å². The molecule has 3 nitrogen and oxygen atoms in total. The van der Waals surface area contributed by atoms with Gasteiger partial charge >= 0.3 is 0 Å². The van der Waals surface area contributed by atoms with Gasteiger partial charge in [-0.25, -0.2) is 9.71 Å². The van der Waals surface area contributed by atoms with E-state index in [1.807, 2.05) is 0 Å². The van der Waals surface area contributed by atoms with Crippen molar-refractivity contribution >= 4 is 0 Å². The first-order valence-electron chi connectivity index (χ1n) is 4.63. The summed E-state index contributed by atoms with van der Waals surface area (Å²) >= 11 is 0. The van der Waals surface area contributed by atoms with Crippen molar-refractivity contribution in [2.24, 2.45) is 0 Å². The standard InChI is InChI=1S/C8H15FN3/c9-6-7-2-1-5-12(7)8-10-3-4-11-8/h7-8,10H,1-6H2. The van der Waals surface area contributed by atoms with Crippen molar-refractivity contribution in [3.63, 3.8) is 0 Å². The van der Waals surface area contributed by atoms with E-state index in [9.17, 15) is 4.39 Å². The summed E-state index contributed by atoms with van der Waals surface area (Å²) in [6.45, 7) is 2.59. The van der Waals surface area contributed by atoms with Crippen LogP contribution < -0.4 is 10.6 Å². The van der Waals surface area contributed by atoms with Crippen LogP contribution in [0.2, 0.25) is 0 Å². The molecule has 1 N–H and O–H groups in total. The summed E-state index contributed by atoms with van der Waals surface area (Å²) in [7, 11) is 0. The highest BCUT2D eigenvalue weighted by Gasteiger charge is 2.32. The molecule has 0 aromatic heterocycles. The van der Waals surface area contributed by atoms with Gasteiger partial charge in [0.15, 0.2) is 0 Å². The van der Waals surface area contributed by atoms with Crippen LogP contribution in [0.15, 0.2) is 0 Å². The lowest BCUT2D eigenvalue weighted by atomic mass is 10.2. The Morgan fingerprint density at radius 2 is 2.50 bits per heavy atom. The van der Waals surface area contributed by atoms with Gasteiger partial charge in [0.05, 0.1) is 0 Å². The lowest BCUT2D eigenvalue weighted by Gasteiger charge is -2.27. The normalized spacial score (nSPS) is 33.2. The molecule has 2 fully saturated rings. The first-order valence-corrected chi connectivity index (χ1v) is 4.63. The van der Waals surface area contributed by atoms with E-state index in [4.69, 9.17) is 0 Å². The van der Waals surface area contributed by atoms with E-state index >= 15 is 0 Å². The van der Waals surface area contributed by atoms with E-state index in [0.717, 1.165) is 32.5 Å². The Hall–Kier alpha value is -0.190. The third-order valence-electron chi connectivity index (χ3n) is 2.66. The Bertz CT molecular complexity index is 147. The fourth-order valence-electron chi connectivity index (χ4n) is 2.01. The van der Waals surface area contributed by atoms with Gasteiger partial charge in [0, 0.05) is 25.7 Å². The quantitative estimate of drug-likeness (QED) is 0.631. The Balaban J connectivity index is 1.92. The molecule has 2 rings (SSSR count). The van der Waals surface area contributed by atoms with Crippen LogP contribution in [0.4, 0.5) is 4.39 Å². The molecule has 2 atom stereocenters. The number of nitrogens with one attached hydrogen (secondary N) is 1. The van der Waals surface area contributed by atoms with Crippen molar-refractivity contribution in [3.05, 3.63) is 0 Å². The second kappa shape index (κ2) is 3.68. The smallest absolute Gasteiger partial charge is 0.130 e. The fourth-order valence-corrected chi connectivity index (χ4v) is 2.01. The van der Waals surface area contributed by atoms with E-state index in [1.165, 1.54) is 0 Å². The van der Waals surface area contributed by atoms with Crippen molar-refractivity contribution in [3.8, 4) is 0 Å². The molecule has 12 heavy (non-hydrogen) atoms. The molecule has 4 heteroatoms. The van der Waals surface area contributed by atoms with Gasteiger partial charge in [0.2, 0.25) is 0 Å². The van der Waals surface area contributed by atoms with E-state index in [2.05, 4.69) is 15.5 Å². The van der Waals surface area contributed by atoms with Crippen molar-refractivity contribution in [2.75, 3.05) is 26.3 Å². The first kappa shape index (κ1) is 8.41. The van der Waals surface area contributed by atoms with Gasteiger partial charge < -0.3 is 0 Å². The summed E-state index contributed by atoms with van der Waals surface area (Å²) in [5, 5.41) is 7.62. The number of alkyl halides is 1. The maximum Gasteiger partial charge on any atom is 0.130 e. The zero-order valence-electron chi connectivity index (χ0n) is 7.17. The third kappa shape index (κ3) is 1.46. The van der Waals surface area contributed by atoms with Crippen LogP contribution in [0, 0.1) is 0 Å². The minimum atomic E-state index is -0.228. The highest BCUT2D eigenvalue weighted by Crippen LogP contribution is 2.19. The molecular formula is C8H15FN3.